The quantitative estimate of drug-likeness (QED) is 0.739. The molecule has 0 spiro atoms. The van der Waals surface area contributed by atoms with E-state index in [1.807, 2.05) is 12.1 Å². The van der Waals surface area contributed by atoms with E-state index in [2.05, 4.69) is 10.3 Å². The molecule has 0 saturated heterocycles. The number of carbonyl (C=O) groups is 1. The summed E-state index contributed by atoms with van der Waals surface area (Å²) >= 11 is 7.32. The number of rotatable bonds is 5. The molecule has 1 unspecified atom stereocenters. The van der Waals surface area contributed by atoms with Crippen molar-refractivity contribution in [3.8, 4) is 10.6 Å². The molecule has 7 heteroatoms. The van der Waals surface area contributed by atoms with Crippen LogP contribution < -0.4 is 5.32 Å². The molecule has 23 heavy (non-hydrogen) atoms. The fourth-order valence-corrected chi connectivity index (χ4v) is 3.05. The zero-order valence-corrected chi connectivity index (χ0v) is 13.5. The number of nitrogens with zero attached hydrogens (tertiary/aromatic N) is 1. The van der Waals surface area contributed by atoms with Gasteiger partial charge in [-0.3, -0.25) is 4.79 Å². The van der Waals surface area contributed by atoms with Gasteiger partial charge in [-0.25, -0.2) is 4.98 Å². The second-order valence-corrected chi connectivity index (χ2v) is 6.07. The Morgan fingerprint density at radius 1 is 1.39 bits per heavy atom. The number of amides is 1. The van der Waals surface area contributed by atoms with Gasteiger partial charge in [-0.1, -0.05) is 23.7 Å². The van der Waals surface area contributed by atoms with Gasteiger partial charge in [0, 0.05) is 16.0 Å². The highest BCUT2D eigenvalue weighted by Gasteiger charge is 2.19. The highest BCUT2D eigenvalue weighted by Crippen LogP contribution is 2.26. The highest BCUT2D eigenvalue weighted by atomic mass is 35.5. The van der Waals surface area contributed by atoms with Gasteiger partial charge in [0.1, 0.15) is 22.5 Å². The minimum absolute atomic E-state index is 0.259. The van der Waals surface area contributed by atoms with Crippen molar-refractivity contribution in [1.29, 1.82) is 0 Å². The van der Waals surface area contributed by atoms with Crippen LogP contribution in [0.25, 0.3) is 10.6 Å². The van der Waals surface area contributed by atoms with Crippen molar-refractivity contribution < 1.29 is 14.3 Å². The van der Waals surface area contributed by atoms with Crippen molar-refractivity contribution in [2.75, 3.05) is 6.61 Å². The summed E-state index contributed by atoms with van der Waals surface area (Å²) in [5, 5.41) is 15.1. The van der Waals surface area contributed by atoms with Crippen LogP contribution in [0.4, 0.5) is 0 Å². The molecule has 0 saturated carbocycles. The molecule has 3 aromatic rings. The van der Waals surface area contributed by atoms with Gasteiger partial charge in [0.2, 0.25) is 0 Å². The number of aliphatic hydroxyl groups is 1. The molecule has 1 amide bonds. The Morgan fingerprint density at radius 3 is 2.96 bits per heavy atom. The molecular formula is C16H13ClN2O3S. The molecule has 1 atom stereocenters. The summed E-state index contributed by atoms with van der Waals surface area (Å²) in [7, 11) is 0. The third kappa shape index (κ3) is 3.61. The van der Waals surface area contributed by atoms with Crippen LogP contribution in [0, 0.1) is 0 Å². The van der Waals surface area contributed by atoms with Gasteiger partial charge in [0.15, 0.2) is 0 Å². The average molecular weight is 349 g/mol. The summed E-state index contributed by atoms with van der Waals surface area (Å²) in [6, 6.07) is 10.1. The summed E-state index contributed by atoms with van der Waals surface area (Å²) in [6.45, 7) is -0.259. The van der Waals surface area contributed by atoms with Crippen LogP contribution in [0.5, 0.6) is 0 Å². The summed E-state index contributed by atoms with van der Waals surface area (Å²) in [4.78, 5) is 16.6. The van der Waals surface area contributed by atoms with Crippen molar-refractivity contribution >= 4 is 28.8 Å². The predicted molar refractivity (Wildman–Crippen MR) is 88.6 cm³/mol. The molecular weight excluding hydrogens is 336 g/mol. The van der Waals surface area contributed by atoms with Crippen molar-refractivity contribution in [2.45, 2.75) is 6.04 Å². The summed E-state index contributed by atoms with van der Waals surface area (Å²) in [5.41, 5.74) is 1.14. The molecule has 0 aliphatic heterocycles. The lowest BCUT2D eigenvalue weighted by Crippen LogP contribution is -2.30. The van der Waals surface area contributed by atoms with Crippen LogP contribution in [-0.4, -0.2) is 22.6 Å². The molecule has 0 bridgehead atoms. The summed E-state index contributed by atoms with van der Waals surface area (Å²) < 4.78 is 5.20. The van der Waals surface area contributed by atoms with Crippen LogP contribution in [-0.2, 0) is 0 Å². The first-order valence-corrected chi connectivity index (χ1v) is 8.09. The zero-order chi connectivity index (χ0) is 16.2. The van der Waals surface area contributed by atoms with Crippen LogP contribution in [0.3, 0.4) is 0 Å². The molecule has 0 aliphatic rings. The lowest BCUT2D eigenvalue weighted by atomic mass is 10.2. The average Bonchev–Trinajstić information content (AvgIpc) is 3.23. The third-order valence-corrected chi connectivity index (χ3v) is 4.31. The smallest absolute Gasteiger partial charge is 0.271 e. The Balaban J connectivity index is 1.76. The highest BCUT2D eigenvalue weighted by molar-refractivity contribution is 7.13. The summed E-state index contributed by atoms with van der Waals surface area (Å²) in [6.07, 6.45) is 1.49. The molecule has 3 rings (SSSR count). The van der Waals surface area contributed by atoms with E-state index >= 15 is 0 Å². The van der Waals surface area contributed by atoms with E-state index in [0.717, 1.165) is 5.56 Å². The summed E-state index contributed by atoms with van der Waals surface area (Å²) in [5.74, 6) is 0.121. The van der Waals surface area contributed by atoms with Gasteiger partial charge < -0.3 is 14.8 Å². The molecule has 0 radical (unpaired) electrons. The largest absolute Gasteiger partial charge is 0.467 e. The maximum absolute atomic E-state index is 12.3. The Labute approximate surface area is 141 Å². The predicted octanol–water partition coefficient (Wildman–Crippen LogP) is 3.52. The van der Waals surface area contributed by atoms with Gasteiger partial charge in [0.25, 0.3) is 5.91 Å². The van der Waals surface area contributed by atoms with Crippen LogP contribution in [0.15, 0.2) is 52.5 Å². The maximum atomic E-state index is 12.3. The van der Waals surface area contributed by atoms with Crippen molar-refractivity contribution in [3.63, 3.8) is 0 Å². The number of carbonyl (C=O) groups excluding carboxylic acids is 1. The van der Waals surface area contributed by atoms with Gasteiger partial charge in [-0.15, -0.1) is 11.3 Å². The Hall–Kier alpha value is -2.15. The van der Waals surface area contributed by atoms with E-state index in [-0.39, 0.29) is 18.2 Å². The van der Waals surface area contributed by atoms with Crippen molar-refractivity contribution in [1.82, 2.24) is 10.3 Å². The lowest BCUT2D eigenvalue weighted by Gasteiger charge is -2.12. The Bertz CT molecular complexity index is 801. The Kier molecular flexibility index (Phi) is 4.76. The van der Waals surface area contributed by atoms with Crippen LogP contribution in [0.1, 0.15) is 22.3 Å². The first-order valence-electron chi connectivity index (χ1n) is 6.84. The van der Waals surface area contributed by atoms with E-state index in [9.17, 15) is 9.90 Å². The Morgan fingerprint density at radius 2 is 2.26 bits per heavy atom. The number of thiazole rings is 1. The minimum Gasteiger partial charge on any atom is -0.467 e. The normalized spacial score (nSPS) is 12.1. The van der Waals surface area contributed by atoms with Crippen LogP contribution >= 0.6 is 22.9 Å². The fourth-order valence-electron chi connectivity index (χ4n) is 2.06. The molecule has 2 aromatic heterocycles. The van der Waals surface area contributed by atoms with Crippen molar-refractivity contribution in [2.24, 2.45) is 0 Å². The van der Waals surface area contributed by atoms with E-state index in [4.69, 9.17) is 16.0 Å². The number of hydrogen-bond acceptors (Lipinski definition) is 5. The SMILES string of the molecule is O=C(NC(CO)c1ccco1)c1csc(-c2cccc(Cl)c2)n1. The molecule has 118 valence electrons. The number of halogens is 1. The first kappa shape index (κ1) is 15.7. The van der Waals surface area contributed by atoms with Crippen LogP contribution in [0.2, 0.25) is 5.02 Å². The number of benzene rings is 1. The molecule has 0 fully saturated rings. The monoisotopic (exact) mass is 348 g/mol. The molecule has 5 nitrogen and oxygen atoms in total. The standard InChI is InChI=1S/C16H13ClN2O3S/c17-11-4-1-3-10(7-11)16-19-13(9-23-16)15(21)18-12(8-20)14-5-2-6-22-14/h1-7,9,12,20H,8H2,(H,18,21). The topological polar surface area (TPSA) is 75.4 Å². The number of aromatic nitrogens is 1. The van der Waals surface area contributed by atoms with Gasteiger partial charge in [-0.2, -0.15) is 0 Å². The second kappa shape index (κ2) is 6.95. The van der Waals surface area contributed by atoms with Crippen molar-refractivity contribution in [3.05, 3.63) is 64.5 Å². The van der Waals surface area contributed by atoms with E-state index in [0.29, 0.717) is 15.8 Å². The van der Waals surface area contributed by atoms with E-state index < -0.39 is 6.04 Å². The van der Waals surface area contributed by atoms with Gasteiger partial charge >= 0.3 is 0 Å². The maximum Gasteiger partial charge on any atom is 0.271 e. The first-order chi connectivity index (χ1) is 11.2. The lowest BCUT2D eigenvalue weighted by molar-refractivity contribution is 0.0903. The number of aliphatic hydroxyl groups excluding tert-OH is 1. The minimum atomic E-state index is -0.603. The van der Waals surface area contributed by atoms with E-state index in [1.54, 1.807) is 29.6 Å². The van der Waals surface area contributed by atoms with E-state index in [1.165, 1.54) is 17.6 Å². The number of furan rings is 1. The number of nitrogens with one attached hydrogen (secondary N) is 1. The number of hydrogen-bond donors (Lipinski definition) is 2. The third-order valence-electron chi connectivity index (χ3n) is 3.18. The molecule has 2 N–H and O–H groups in total. The zero-order valence-electron chi connectivity index (χ0n) is 11.9. The molecule has 2 heterocycles. The molecule has 0 aliphatic carbocycles. The van der Waals surface area contributed by atoms with Gasteiger partial charge in [0.05, 0.1) is 12.9 Å². The fraction of sp³-hybridized carbons (Fsp3) is 0.125. The van der Waals surface area contributed by atoms with Gasteiger partial charge in [-0.05, 0) is 24.3 Å². The second-order valence-electron chi connectivity index (χ2n) is 4.77. The molecule has 1 aromatic carbocycles.